The first kappa shape index (κ1) is 16.7. The predicted molar refractivity (Wildman–Crippen MR) is 103 cm³/mol. The Morgan fingerprint density at radius 3 is 2.85 bits per heavy atom. The molecule has 1 N–H and O–H groups in total. The largest absolute Gasteiger partial charge is 0.307 e. The van der Waals surface area contributed by atoms with E-state index in [1.807, 2.05) is 43.3 Å². The fourth-order valence-electron chi connectivity index (χ4n) is 3.50. The van der Waals surface area contributed by atoms with Gasteiger partial charge >= 0.3 is 0 Å². The van der Waals surface area contributed by atoms with Gasteiger partial charge in [0.25, 0.3) is 5.91 Å². The number of nitrogens with zero attached hydrogens (tertiary/aromatic N) is 3. The molecule has 0 saturated heterocycles. The van der Waals surface area contributed by atoms with Crippen molar-refractivity contribution in [2.75, 3.05) is 18.4 Å². The minimum Gasteiger partial charge on any atom is -0.307 e. The van der Waals surface area contributed by atoms with Crippen LogP contribution in [0, 0.1) is 6.92 Å². The van der Waals surface area contributed by atoms with Gasteiger partial charge in [0.2, 0.25) is 0 Å². The number of rotatable bonds is 3. The summed E-state index contributed by atoms with van der Waals surface area (Å²) < 4.78 is 0. The van der Waals surface area contributed by atoms with Crippen LogP contribution in [0.5, 0.6) is 0 Å². The van der Waals surface area contributed by atoms with Crippen molar-refractivity contribution in [1.82, 2.24) is 14.9 Å². The summed E-state index contributed by atoms with van der Waals surface area (Å²) in [4.78, 5) is 24.7. The Bertz CT molecular complexity index is 966. The monoisotopic (exact) mass is 346 g/mol. The second-order valence-electron chi connectivity index (χ2n) is 6.72. The predicted octanol–water partition coefficient (Wildman–Crippen LogP) is 3.57. The summed E-state index contributed by atoms with van der Waals surface area (Å²) in [7, 11) is 0. The number of pyridine rings is 2. The third kappa shape index (κ3) is 3.06. The highest BCUT2D eigenvalue weighted by Gasteiger charge is 2.25. The molecule has 5 heteroatoms. The summed E-state index contributed by atoms with van der Waals surface area (Å²) in [6.45, 7) is 6.83. The number of anilines is 1. The Labute approximate surface area is 153 Å². The molecule has 0 fully saturated rings. The molecule has 0 radical (unpaired) electrons. The maximum Gasteiger partial charge on any atom is 0.257 e. The average molecular weight is 346 g/mol. The van der Waals surface area contributed by atoms with Crippen LogP contribution in [0.3, 0.4) is 0 Å². The lowest BCUT2D eigenvalue weighted by atomic mass is 9.95. The minimum absolute atomic E-state index is 0.117. The lowest BCUT2D eigenvalue weighted by Crippen LogP contribution is -2.33. The number of hydrogen-bond donors (Lipinski definition) is 1. The van der Waals surface area contributed by atoms with Crippen LogP contribution in [0.15, 0.2) is 42.6 Å². The van der Waals surface area contributed by atoms with Gasteiger partial charge in [-0.05, 0) is 31.2 Å². The van der Waals surface area contributed by atoms with Crippen LogP contribution in [0.4, 0.5) is 5.82 Å². The van der Waals surface area contributed by atoms with E-state index < -0.39 is 0 Å². The third-order valence-electron chi connectivity index (χ3n) is 4.95. The average Bonchev–Trinajstić information content (AvgIpc) is 2.67. The van der Waals surface area contributed by atoms with Gasteiger partial charge < -0.3 is 5.32 Å². The second-order valence-corrected chi connectivity index (χ2v) is 6.72. The van der Waals surface area contributed by atoms with Gasteiger partial charge in [-0.2, -0.15) is 0 Å². The van der Waals surface area contributed by atoms with E-state index in [2.05, 4.69) is 22.1 Å². The topological polar surface area (TPSA) is 58.1 Å². The second kappa shape index (κ2) is 6.84. The first-order chi connectivity index (χ1) is 12.7. The molecule has 1 aromatic carbocycles. The van der Waals surface area contributed by atoms with Crippen LogP contribution in [0.1, 0.15) is 34.1 Å². The summed E-state index contributed by atoms with van der Waals surface area (Å²) in [5.41, 5.74) is 4.74. The van der Waals surface area contributed by atoms with Crippen molar-refractivity contribution >= 4 is 22.6 Å². The fourth-order valence-corrected chi connectivity index (χ4v) is 3.50. The molecule has 4 rings (SSSR count). The normalized spacial score (nSPS) is 14.2. The Morgan fingerprint density at radius 1 is 1.23 bits per heavy atom. The van der Waals surface area contributed by atoms with Gasteiger partial charge in [0.1, 0.15) is 5.82 Å². The fraction of sp³-hybridized carbons (Fsp3) is 0.286. The van der Waals surface area contributed by atoms with Crippen LogP contribution < -0.4 is 5.32 Å². The third-order valence-corrected chi connectivity index (χ3v) is 4.95. The molecule has 0 saturated carbocycles. The van der Waals surface area contributed by atoms with Gasteiger partial charge in [0, 0.05) is 42.4 Å². The molecule has 5 nitrogen and oxygen atoms in total. The molecular weight excluding hydrogens is 324 g/mol. The van der Waals surface area contributed by atoms with Gasteiger partial charge in [-0.15, -0.1) is 0 Å². The van der Waals surface area contributed by atoms with Crippen LogP contribution in [0.2, 0.25) is 0 Å². The number of fused-ring (bicyclic) bond motifs is 2. The van der Waals surface area contributed by atoms with Crippen molar-refractivity contribution < 1.29 is 4.79 Å². The summed E-state index contributed by atoms with van der Waals surface area (Å²) >= 11 is 0. The van der Waals surface area contributed by atoms with E-state index in [4.69, 9.17) is 4.98 Å². The maximum atomic E-state index is 13.2. The molecule has 2 aromatic heterocycles. The molecule has 1 aliphatic rings. The van der Waals surface area contributed by atoms with Crippen molar-refractivity contribution in [3.63, 3.8) is 0 Å². The molecule has 3 aromatic rings. The number of nitrogens with one attached hydrogen (secondary N) is 1. The van der Waals surface area contributed by atoms with Gasteiger partial charge in [-0.25, -0.2) is 4.98 Å². The Hall–Kier alpha value is -2.79. The van der Waals surface area contributed by atoms with Gasteiger partial charge in [0.05, 0.1) is 11.1 Å². The molecule has 0 unspecified atom stereocenters. The zero-order chi connectivity index (χ0) is 18.1. The zero-order valence-corrected chi connectivity index (χ0v) is 15.1. The van der Waals surface area contributed by atoms with E-state index in [0.717, 1.165) is 59.3 Å². The smallest absolute Gasteiger partial charge is 0.257 e. The van der Waals surface area contributed by atoms with Crippen molar-refractivity contribution in [2.45, 2.75) is 26.8 Å². The number of aromatic nitrogens is 2. The lowest BCUT2D eigenvalue weighted by Gasteiger charge is -2.29. The SMILES string of the molecule is CCN1CCc2nc3ccccc3c(C(=O)Nc3ccc(C)cn3)c2C1. The molecule has 0 atom stereocenters. The number of hydrogen-bond acceptors (Lipinski definition) is 4. The van der Waals surface area contributed by atoms with E-state index in [1.165, 1.54) is 0 Å². The Balaban J connectivity index is 1.81. The summed E-state index contributed by atoms with van der Waals surface area (Å²) in [5.74, 6) is 0.451. The molecule has 0 aliphatic carbocycles. The first-order valence-electron chi connectivity index (χ1n) is 9.02. The number of benzene rings is 1. The first-order valence-corrected chi connectivity index (χ1v) is 9.02. The van der Waals surface area contributed by atoms with Crippen LogP contribution in [-0.2, 0) is 13.0 Å². The van der Waals surface area contributed by atoms with Crippen molar-refractivity contribution in [3.8, 4) is 0 Å². The summed E-state index contributed by atoms with van der Waals surface area (Å²) in [5, 5.41) is 3.86. The van der Waals surface area contributed by atoms with Crippen LogP contribution >= 0.6 is 0 Å². The number of likely N-dealkylation sites (N-methyl/N-ethyl adjacent to an activating group) is 1. The van der Waals surface area contributed by atoms with Crippen LogP contribution in [0.25, 0.3) is 10.9 Å². The molecule has 26 heavy (non-hydrogen) atoms. The van der Waals surface area contributed by atoms with Crippen molar-refractivity contribution in [2.24, 2.45) is 0 Å². The van der Waals surface area contributed by atoms with E-state index in [0.29, 0.717) is 5.82 Å². The molecule has 1 aliphatic heterocycles. The highest BCUT2D eigenvalue weighted by atomic mass is 16.1. The number of para-hydroxylation sites is 1. The van der Waals surface area contributed by atoms with Gasteiger partial charge in [-0.3, -0.25) is 14.7 Å². The lowest BCUT2D eigenvalue weighted by molar-refractivity contribution is 0.102. The van der Waals surface area contributed by atoms with E-state index in [1.54, 1.807) is 6.20 Å². The maximum absolute atomic E-state index is 13.2. The highest BCUT2D eigenvalue weighted by Crippen LogP contribution is 2.28. The molecule has 1 amide bonds. The molecular formula is C21H22N4O. The van der Waals surface area contributed by atoms with Crippen molar-refractivity contribution in [1.29, 1.82) is 0 Å². The van der Waals surface area contributed by atoms with E-state index in [-0.39, 0.29) is 5.91 Å². The van der Waals surface area contributed by atoms with Crippen LogP contribution in [-0.4, -0.2) is 33.9 Å². The summed E-state index contributed by atoms with van der Waals surface area (Å²) in [6.07, 6.45) is 2.63. The standard InChI is InChI=1S/C21H22N4O/c1-3-25-11-10-18-16(13-25)20(15-6-4-5-7-17(15)23-18)21(26)24-19-9-8-14(2)12-22-19/h4-9,12H,3,10-11,13H2,1-2H3,(H,22,24,26). The summed E-state index contributed by atoms with van der Waals surface area (Å²) in [6, 6.07) is 11.7. The molecule has 0 bridgehead atoms. The molecule has 0 spiro atoms. The number of carbonyl (C=O) groups excluding carboxylic acids is 1. The minimum atomic E-state index is -0.117. The highest BCUT2D eigenvalue weighted by molar-refractivity contribution is 6.13. The van der Waals surface area contributed by atoms with E-state index >= 15 is 0 Å². The quantitative estimate of drug-likeness (QED) is 0.788. The zero-order valence-electron chi connectivity index (χ0n) is 15.1. The van der Waals surface area contributed by atoms with E-state index in [9.17, 15) is 4.79 Å². The number of amides is 1. The van der Waals surface area contributed by atoms with Gasteiger partial charge in [-0.1, -0.05) is 31.2 Å². The number of carbonyl (C=O) groups is 1. The van der Waals surface area contributed by atoms with Crippen molar-refractivity contribution in [3.05, 3.63) is 65.0 Å². The molecule has 132 valence electrons. The Morgan fingerprint density at radius 2 is 2.08 bits per heavy atom. The number of aryl methyl sites for hydroxylation is 1. The Kier molecular flexibility index (Phi) is 4.39. The van der Waals surface area contributed by atoms with Gasteiger partial charge in [0.15, 0.2) is 0 Å². The molecule has 3 heterocycles.